The Morgan fingerprint density at radius 2 is 0.759 bits per heavy atom. The lowest BCUT2D eigenvalue weighted by Gasteiger charge is -2.55. The monoisotopic (exact) mass is 745 g/mol. The third-order valence-corrected chi connectivity index (χ3v) is 14.6. The summed E-state index contributed by atoms with van der Waals surface area (Å²) < 4.78 is 0. The predicted molar refractivity (Wildman–Crippen MR) is 246 cm³/mol. The van der Waals surface area contributed by atoms with Crippen molar-refractivity contribution in [3.63, 3.8) is 0 Å². The Morgan fingerprint density at radius 3 is 1.22 bits per heavy atom. The van der Waals surface area contributed by atoms with Crippen molar-refractivity contribution in [2.24, 2.45) is 0 Å². The van der Waals surface area contributed by atoms with E-state index in [1.54, 1.807) is 0 Å². The van der Waals surface area contributed by atoms with E-state index in [-0.39, 0.29) is 16.2 Å². The van der Waals surface area contributed by atoms with Crippen molar-refractivity contribution in [1.82, 2.24) is 0 Å². The number of nitrogens with zero attached hydrogens (tertiary/aromatic N) is 1. The molecule has 0 radical (unpaired) electrons. The predicted octanol–water partition coefficient (Wildman–Crippen LogP) is 15.2. The Kier molecular flexibility index (Phi) is 6.71. The van der Waals surface area contributed by atoms with Crippen LogP contribution in [-0.4, -0.2) is 0 Å². The Labute approximate surface area is 342 Å². The van der Waals surface area contributed by atoms with Gasteiger partial charge in [-0.1, -0.05) is 145 Å². The molecule has 0 saturated heterocycles. The summed E-state index contributed by atoms with van der Waals surface area (Å²) in [5.41, 5.74) is 22.6. The summed E-state index contributed by atoms with van der Waals surface area (Å²) in [5, 5.41) is 5.11. The number of benzene rings is 8. The fraction of sp³-hybridized carbons (Fsp3) is 0.193. The zero-order valence-corrected chi connectivity index (χ0v) is 34.3. The molecule has 8 aromatic rings. The van der Waals surface area contributed by atoms with Gasteiger partial charge >= 0.3 is 0 Å². The molecule has 1 aliphatic carbocycles. The van der Waals surface area contributed by atoms with Crippen LogP contribution in [-0.2, 0) is 22.7 Å². The highest BCUT2D eigenvalue weighted by Crippen LogP contribution is 2.67. The van der Waals surface area contributed by atoms with Gasteiger partial charge in [0, 0.05) is 16.2 Å². The Balaban J connectivity index is 1.17. The Hall–Kier alpha value is -6.18. The van der Waals surface area contributed by atoms with Crippen LogP contribution >= 0.6 is 0 Å². The highest BCUT2D eigenvalue weighted by Gasteiger charge is 2.52. The van der Waals surface area contributed by atoms with E-state index in [4.69, 9.17) is 0 Å². The first-order valence-electron chi connectivity index (χ1n) is 21.1. The molecule has 0 aromatic heterocycles. The van der Waals surface area contributed by atoms with Crippen molar-refractivity contribution >= 4 is 50.3 Å². The fourth-order valence-corrected chi connectivity index (χ4v) is 11.2. The van der Waals surface area contributed by atoms with E-state index < -0.39 is 0 Å². The van der Waals surface area contributed by atoms with E-state index in [1.807, 2.05) is 0 Å². The summed E-state index contributed by atoms with van der Waals surface area (Å²) in [6.07, 6.45) is 4.59. The minimum atomic E-state index is -0.258. The smallest absolute Gasteiger partial charge is 0.0544 e. The standard InChI is InChI=1S/C57H47N/c1-55(2)46-28-43(40-22-19-34-13-7-10-16-37(34)25-40)30-48-52(46)58-53-47(55)29-44(41-23-20-35-14-8-11-17-38(35)26-41)31-49(53)57(5,6)51-33-45(32-50(54(51)58)56(48,3)4)42-24-21-36-15-9-12-18-39(36)27-42/h7-20,22-23,25-33H,21,24H2,1-6H3. The van der Waals surface area contributed by atoms with Crippen molar-refractivity contribution in [2.75, 3.05) is 4.90 Å². The fourth-order valence-electron chi connectivity index (χ4n) is 11.2. The lowest BCUT2D eigenvalue weighted by atomic mass is 9.59. The van der Waals surface area contributed by atoms with Crippen LogP contribution in [0.4, 0.5) is 17.1 Å². The minimum absolute atomic E-state index is 0.243. The minimum Gasteiger partial charge on any atom is -0.309 e. The summed E-state index contributed by atoms with van der Waals surface area (Å²) in [5.74, 6) is 0. The molecule has 3 heterocycles. The number of hydrogen-bond acceptors (Lipinski definition) is 1. The van der Waals surface area contributed by atoms with Gasteiger partial charge in [-0.15, -0.1) is 0 Å². The number of anilines is 3. The van der Waals surface area contributed by atoms with Gasteiger partial charge in [0.15, 0.2) is 0 Å². The van der Waals surface area contributed by atoms with Crippen LogP contribution in [0, 0.1) is 0 Å². The second kappa shape index (κ2) is 11.5. The first-order chi connectivity index (χ1) is 28.0. The van der Waals surface area contributed by atoms with Gasteiger partial charge < -0.3 is 4.90 Å². The number of rotatable bonds is 3. The number of hydrogen-bond donors (Lipinski definition) is 0. The molecular formula is C57H47N. The van der Waals surface area contributed by atoms with Gasteiger partial charge in [0.1, 0.15) is 0 Å². The van der Waals surface area contributed by atoms with Crippen molar-refractivity contribution in [1.29, 1.82) is 0 Å². The van der Waals surface area contributed by atoms with Gasteiger partial charge in [0.2, 0.25) is 0 Å². The molecule has 0 N–H and O–H groups in total. The van der Waals surface area contributed by atoms with E-state index in [0.29, 0.717) is 0 Å². The molecule has 8 aromatic carbocycles. The molecule has 0 saturated carbocycles. The van der Waals surface area contributed by atoms with Crippen LogP contribution < -0.4 is 4.90 Å². The summed E-state index contributed by atoms with van der Waals surface area (Å²) in [4.78, 5) is 2.73. The van der Waals surface area contributed by atoms with Crippen LogP contribution in [0.3, 0.4) is 0 Å². The molecule has 0 fully saturated rings. The van der Waals surface area contributed by atoms with Crippen LogP contribution in [0.5, 0.6) is 0 Å². The SMILES string of the molecule is CC1(C)c2cc(C3=Cc4ccccc4CC3)cc3c2N2c4c1cc(-c1ccc5ccccc5c1)cc4C(C)(C)c1cc(-c4ccc5ccccc5c4)cc(c12)C3(C)C. The Morgan fingerprint density at radius 1 is 0.362 bits per heavy atom. The topological polar surface area (TPSA) is 3.24 Å². The van der Waals surface area contributed by atoms with Crippen LogP contribution in [0.15, 0.2) is 146 Å². The van der Waals surface area contributed by atoms with Gasteiger partial charge in [-0.05, 0) is 161 Å². The van der Waals surface area contributed by atoms with Gasteiger partial charge in [0.25, 0.3) is 0 Å². The van der Waals surface area contributed by atoms with Gasteiger partial charge in [-0.2, -0.15) is 0 Å². The van der Waals surface area contributed by atoms with Gasteiger partial charge in [-0.25, -0.2) is 0 Å². The zero-order chi connectivity index (χ0) is 39.3. The maximum Gasteiger partial charge on any atom is 0.0544 e. The first kappa shape index (κ1) is 33.9. The lowest BCUT2D eigenvalue weighted by molar-refractivity contribution is 0.567. The number of fused-ring (bicyclic) bond motifs is 3. The molecule has 0 amide bonds. The molecule has 0 unspecified atom stereocenters. The zero-order valence-electron chi connectivity index (χ0n) is 34.3. The highest BCUT2D eigenvalue weighted by atomic mass is 15.2. The van der Waals surface area contributed by atoms with Crippen LogP contribution in [0.2, 0.25) is 0 Å². The van der Waals surface area contributed by atoms with Crippen molar-refractivity contribution in [3.8, 4) is 22.3 Å². The highest BCUT2D eigenvalue weighted by molar-refractivity contribution is 6.02. The third-order valence-electron chi connectivity index (χ3n) is 14.6. The molecule has 12 rings (SSSR count). The van der Waals surface area contributed by atoms with E-state index in [0.717, 1.165) is 12.8 Å². The molecule has 0 spiro atoms. The molecule has 280 valence electrons. The molecule has 58 heavy (non-hydrogen) atoms. The van der Waals surface area contributed by atoms with E-state index in [9.17, 15) is 0 Å². The van der Waals surface area contributed by atoms with Crippen molar-refractivity contribution in [3.05, 3.63) is 196 Å². The molecule has 3 aliphatic heterocycles. The van der Waals surface area contributed by atoms with Crippen molar-refractivity contribution < 1.29 is 0 Å². The van der Waals surface area contributed by atoms with Crippen molar-refractivity contribution in [2.45, 2.75) is 70.6 Å². The lowest BCUT2D eigenvalue weighted by Crippen LogP contribution is -2.43. The molecule has 0 bridgehead atoms. The normalized spacial score (nSPS) is 17.1. The largest absolute Gasteiger partial charge is 0.309 e. The van der Waals surface area contributed by atoms with Crippen LogP contribution in [0.25, 0.3) is 55.4 Å². The summed E-state index contributed by atoms with van der Waals surface area (Å²) in [7, 11) is 0. The maximum atomic E-state index is 2.73. The maximum absolute atomic E-state index is 2.73. The first-order valence-corrected chi connectivity index (χ1v) is 21.1. The van der Waals surface area contributed by atoms with Gasteiger partial charge in [-0.3, -0.25) is 0 Å². The second-order valence-corrected chi connectivity index (χ2v) is 19.0. The molecule has 0 atom stereocenters. The van der Waals surface area contributed by atoms with E-state index >= 15 is 0 Å². The molecular weight excluding hydrogens is 699 g/mol. The second-order valence-electron chi connectivity index (χ2n) is 19.0. The average molecular weight is 746 g/mol. The quantitative estimate of drug-likeness (QED) is 0.174. The number of allylic oxidation sites excluding steroid dienone is 1. The van der Waals surface area contributed by atoms with Crippen LogP contribution in [0.1, 0.15) is 98.0 Å². The molecule has 1 heteroatoms. The van der Waals surface area contributed by atoms with Gasteiger partial charge in [0.05, 0.1) is 17.1 Å². The average Bonchev–Trinajstić information content (AvgIpc) is 3.24. The van der Waals surface area contributed by atoms with E-state index in [1.165, 1.54) is 117 Å². The molecule has 1 nitrogen and oxygen atoms in total. The molecule has 4 aliphatic rings. The Bertz CT molecular complexity index is 2970. The summed E-state index contributed by atoms with van der Waals surface area (Å²) >= 11 is 0. The van der Waals surface area contributed by atoms with E-state index in [2.05, 4.69) is 198 Å². The summed E-state index contributed by atoms with van der Waals surface area (Å²) in [6.45, 7) is 14.9. The number of aryl methyl sites for hydroxylation is 1. The summed E-state index contributed by atoms with van der Waals surface area (Å²) in [6, 6.07) is 55.8. The third kappa shape index (κ3) is 4.53.